The normalized spacial score (nSPS) is 16.5. The van der Waals surface area contributed by atoms with Crippen molar-refractivity contribution in [3.05, 3.63) is 52.2 Å². The van der Waals surface area contributed by atoms with Gasteiger partial charge in [-0.15, -0.1) is 24.0 Å². The molecule has 1 saturated heterocycles. The van der Waals surface area contributed by atoms with E-state index in [1.54, 1.807) is 34.8 Å². The largest absolute Gasteiger partial charge is 0.356 e. The van der Waals surface area contributed by atoms with Gasteiger partial charge in [0.15, 0.2) is 5.96 Å². The topological polar surface area (TPSA) is 73.8 Å². The molecular weight excluding hydrogens is 531 g/mol. The van der Waals surface area contributed by atoms with E-state index in [0.29, 0.717) is 36.4 Å². The van der Waals surface area contributed by atoms with Gasteiger partial charge < -0.3 is 10.6 Å². The average Bonchev–Trinajstić information content (AvgIpc) is 3.29. The molecule has 0 spiro atoms. The van der Waals surface area contributed by atoms with Gasteiger partial charge >= 0.3 is 0 Å². The number of rotatable bonds is 7. The molecule has 166 valence electrons. The van der Waals surface area contributed by atoms with Gasteiger partial charge in [-0.05, 0) is 52.8 Å². The second-order valence-electron chi connectivity index (χ2n) is 7.34. The Balaban J connectivity index is 0.00000320. The average molecular weight is 563 g/mol. The second-order valence-corrected chi connectivity index (χ2v) is 10.0. The molecule has 1 aromatic heterocycles. The molecular formula is C21H31IN4O2S2. The molecule has 0 radical (unpaired) electrons. The van der Waals surface area contributed by atoms with E-state index in [2.05, 4.69) is 39.4 Å². The zero-order valence-electron chi connectivity index (χ0n) is 17.5. The Bertz CT molecular complexity index is 911. The number of hydrogen-bond donors (Lipinski definition) is 2. The Kier molecular flexibility index (Phi) is 10.1. The quantitative estimate of drug-likeness (QED) is 0.304. The van der Waals surface area contributed by atoms with Crippen molar-refractivity contribution < 1.29 is 8.42 Å². The Labute approximate surface area is 201 Å². The minimum atomic E-state index is -3.47. The fourth-order valence-corrected chi connectivity index (χ4v) is 5.99. The first kappa shape index (κ1) is 25.1. The van der Waals surface area contributed by atoms with E-state index in [1.165, 1.54) is 5.56 Å². The first-order valence-corrected chi connectivity index (χ1v) is 12.5. The van der Waals surface area contributed by atoms with Crippen LogP contribution in [0.1, 0.15) is 43.2 Å². The van der Waals surface area contributed by atoms with Crippen LogP contribution in [0.25, 0.3) is 0 Å². The summed E-state index contributed by atoms with van der Waals surface area (Å²) in [5.41, 5.74) is 2.06. The van der Waals surface area contributed by atoms with E-state index in [9.17, 15) is 8.42 Å². The highest BCUT2D eigenvalue weighted by atomic mass is 127. The fourth-order valence-electron chi connectivity index (χ4n) is 3.47. The molecule has 1 fully saturated rings. The van der Waals surface area contributed by atoms with Gasteiger partial charge in [0, 0.05) is 33.2 Å². The van der Waals surface area contributed by atoms with E-state index < -0.39 is 10.0 Å². The number of nitrogens with one attached hydrogen (secondary N) is 2. The number of nitrogens with zero attached hydrogens (tertiary/aromatic N) is 2. The highest BCUT2D eigenvalue weighted by molar-refractivity contribution is 14.0. The summed E-state index contributed by atoms with van der Waals surface area (Å²) >= 11 is 1.70. The predicted octanol–water partition coefficient (Wildman–Crippen LogP) is 4.01. The van der Waals surface area contributed by atoms with Gasteiger partial charge in [-0.1, -0.05) is 31.5 Å². The third-order valence-electron chi connectivity index (χ3n) is 5.26. The summed E-state index contributed by atoms with van der Waals surface area (Å²) in [5, 5.41) is 10.8. The van der Waals surface area contributed by atoms with Crippen molar-refractivity contribution in [2.24, 2.45) is 4.99 Å². The third-order valence-corrected chi connectivity index (χ3v) is 7.96. The van der Waals surface area contributed by atoms with Crippen LogP contribution in [0, 0.1) is 0 Å². The van der Waals surface area contributed by atoms with Crippen LogP contribution >= 0.6 is 35.3 Å². The van der Waals surface area contributed by atoms with Crippen molar-refractivity contribution in [2.75, 3.05) is 26.7 Å². The molecule has 2 N–H and O–H groups in total. The molecule has 30 heavy (non-hydrogen) atoms. The number of hydrogen-bond acceptors (Lipinski definition) is 4. The molecule has 0 aliphatic carbocycles. The van der Waals surface area contributed by atoms with Gasteiger partial charge in [-0.3, -0.25) is 4.99 Å². The van der Waals surface area contributed by atoms with Crippen molar-refractivity contribution >= 4 is 51.3 Å². The smallest absolute Gasteiger partial charge is 0.243 e. The molecule has 6 nitrogen and oxygen atoms in total. The summed E-state index contributed by atoms with van der Waals surface area (Å²) < 4.78 is 27.9. The van der Waals surface area contributed by atoms with Gasteiger partial charge in [0.1, 0.15) is 0 Å². The number of piperidine rings is 1. The summed E-state index contributed by atoms with van der Waals surface area (Å²) in [5.74, 6) is 1.03. The van der Waals surface area contributed by atoms with Crippen LogP contribution in [0.2, 0.25) is 0 Å². The standard InChI is InChI=1S/C21H30N4O2S2.HI/c1-17(19-10-13-28-16-19)14-23-21(22-2)24-15-18-8-4-5-9-20(18)29(26,27)25-11-6-3-7-12-25;/h4-5,8-10,13,16-17H,3,6-7,11-12,14-15H2,1-2H3,(H2,22,23,24);1H. The van der Waals surface area contributed by atoms with Gasteiger partial charge in [0.05, 0.1) is 4.90 Å². The van der Waals surface area contributed by atoms with E-state index in [1.807, 2.05) is 12.1 Å². The van der Waals surface area contributed by atoms with E-state index in [-0.39, 0.29) is 24.0 Å². The summed E-state index contributed by atoms with van der Waals surface area (Å²) in [6.45, 7) is 4.53. The molecule has 3 rings (SSSR count). The van der Waals surface area contributed by atoms with Crippen molar-refractivity contribution in [1.29, 1.82) is 0 Å². The molecule has 0 bridgehead atoms. The molecule has 1 aliphatic rings. The van der Waals surface area contributed by atoms with Crippen molar-refractivity contribution in [2.45, 2.75) is 43.5 Å². The Morgan fingerprint density at radius 2 is 1.90 bits per heavy atom. The molecule has 2 aromatic rings. The lowest BCUT2D eigenvalue weighted by atomic mass is 10.1. The van der Waals surface area contributed by atoms with Gasteiger partial charge in [0.2, 0.25) is 10.0 Å². The molecule has 2 heterocycles. The molecule has 1 atom stereocenters. The van der Waals surface area contributed by atoms with Crippen LogP contribution in [0.3, 0.4) is 0 Å². The monoisotopic (exact) mass is 562 g/mol. The van der Waals surface area contributed by atoms with Crippen molar-refractivity contribution in [1.82, 2.24) is 14.9 Å². The lowest BCUT2D eigenvalue weighted by Crippen LogP contribution is -2.39. The van der Waals surface area contributed by atoms with Gasteiger partial charge in [-0.2, -0.15) is 15.6 Å². The number of aliphatic imine (C=N–C) groups is 1. The summed E-state index contributed by atoms with van der Waals surface area (Å²) in [6, 6.07) is 9.37. The maximum Gasteiger partial charge on any atom is 0.243 e. The second kappa shape index (κ2) is 12.0. The molecule has 1 unspecified atom stereocenters. The highest BCUT2D eigenvalue weighted by Gasteiger charge is 2.27. The van der Waals surface area contributed by atoms with Crippen molar-refractivity contribution in [3.63, 3.8) is 0 Å². The number of thiophene rings is 1. The highest BCUT2D eigenvalue weighted by Crippen LogP contribution is 2.23. The lowest BCUT2D eigenvalue weighted by molar-refractivity contribution is 0.346. The maximum absolute atomic E-state index is 13.1. The zero-order valence-corrected chi connectivity index (χ0v) is 21.5. The number of sulfonamides is 1. The molecule has 0 amide bonds. The zero-order chi connectivity index (χ0) is 20.7. The molecule has 0 saturated carbocycles. The summed E-state index contributed by atoms with van der Waals surface area (Å²) in [7, 11) is -1.75. The van der Waals surface area contributed by atoms with Gasteiger partial charge in [0.25, 0.3) is 0 Å². The third kappa shape index (κ3) is 6.41. The fraction of sp³-hybridized carbons (Fsp3) is 0.476. The van der Waals surface area contributed by atoms with E-state index in [4.69, 9.17) is 0 Å². The van der Waals surface area contributed by atoms with E-state index >= 15 is 0 Å². The van der Waals surface area contributed by atoms with Crippen LogP contribution in [-0.2, 0) is 16.6 Å². The van der Waals surface area contributed by atoms with Crippen LogP contribution in [0.4, 0.5) is 0 Å². The summed E-state index contributed by atoms with van der Waals surface area (Å²) in [6.07, 6.45) is 2.96. The number of benzene rings is 1. The maximum atomic E-state index is 13.1. The minimum Gasteiger partial charge on any atom is -0.356 e. The SMILES string of the molecule is CN=C(NCc1ccccc1S(=O)(=O)N1CCCCC1)NCC(C)c1ccsc1.I. The first-order valence-electron chi connectivity index (χ1n) is 10.1. The lowest BCUT2D eigenvalue weighted by Gasteiger charge is -2.27. The van der Waals surface area contributed by atoms with Crippen LogP contribution in [0.5, 0.6) is 0 Å². The predicted molar refractivity (Wildman–Crippen MR) is 135 cm³/mol. The molecule has 1 aliphatic heterocycles. The minimum absolute atomic E-state index is 0. The van der Waals surface area contributed by atoms with Crippen LogP contribution < -0.4 is 10.6 Å². The number of guanidine groups is 1. The van der Waals surface area contributed by atoms with Crippen LogP contribution in [-0.4, -0.2) is 45.4 Å². The molecule has 1 aromatic carbocycles. The summed E-state index contributed by atoms with van der Waals surface area (Å²) in [4.78, 5) is 4.66. The molecule has 9 heteroatoms. The van der Waals surface area contributed by atoms with Crippen LogP contribution in [0.15, 0.2) is 51.0 Å². The first-order chi connectivity index (χ1) is 14.0. The number of halogens is 1. The van der Waals surface area contributed by atoms with E-state index in [0.717, 1.165) is 31.4 Å². The van der Waals surface area contributed by atoms with Crippen molar-refractivity contribution in [3.8, 4) is 0 Å². The Morgan fingerprint density at radius 3 is 2.57 bits per heavy atom. The Hall–Kier alpha value is -1.17. The van der Waals surface area contributed by atoms with Gasteiger partial charge in [-0.25, -0.2) is 8.42 Å². The Morgan fingerprint density at radius 1 is 1.17 bits per heavy atom.